The zero-order chi connectivity index (χ0) is 16.8. The Balaban J connectivity index is 1.54. The monoisotopic (exact) mass is 331 g/mol. The van der Waals surface area contributed by atoms with Crippen LogP contribution in [0.2, 0.25) is 0 Å². The number of hydrogen-bond donors (Lipinski definition) is 2. The van der Waals surface area contributed by atoms with E-state index in [-0.39, 0.29) is 18.2 Å². The standard InChI is InChI=1S/C16H18FN5O2/c17-13-4-1-2-5-14(13)24-9-3-6-18-15-12-10-21-22(7-8-23)16(12)20-11-19-15/h1-2,4-5,10-11,23H,3,6-9H2,(H,18,19,20). The first-order valence-corrected chi connectivity index (χ1v) is 7.68. The number of para-hydroxylation sites is 1. The summed E-state index contributed by atoms with van der Waals surface area (Å²) in [4.78, 5) is 8.40. The molecule has 24 heavy (non-hydrogen) atoms. The minimum atomic E-state index is -0.362. The summed E-state index contributed by atoms with van der Waals surface area (Å²) in [5.74, 6) is 0.571. The maximum atomic E-state index is 13.4. The number of nitrogens with one attached hydrogen (secondary N) is 1. The van der Waals surface area contributed by atoms with Crippen LogP contribution in [0.1, 0.15) is 6.42 Å². The van der Waals surface area contributed by atoms with Crippen LogP contribution in [0.25, 0.3) is 11.0 Å². The van der Waals surface area contributed by atoms with Crippen LogP contribution in [0.5, 0.6) is 5.75 Å². The number of rotatable bonds is 8. The second-order valence-corrected chi connectivity index (χ2v) is 5.11. The predicted octanol–water partition coefficient (Wildman–Crippen LogP) is 1.84. The summed E-state index contributed by atoms with van der Waals surface area (Å²) in [5.41, 5.74) is 0.671. The number of aliphatic hydroxyl groups excluding tert-OH is 1. The van der Waals surface area contributed by atoms with Gasteiger partial charge in [-0.05, 0) is 18.6 Å². The number of fused-ring (bicyclic) bond motifs is 1. The number of ether oxygens (including phenoxy) is 1. The van der Waals surface area contributed by atoms with Crippen molar-refractivity contribution in [2.24, 2.45) is 0 Å². The number of benzene rings is 1. The van der Waals surface area contributed by atoms with E-state index < -0.39 is 0 Å². The molecule has 2 aromatic heterocycles. The van der Waals surface area contributed by atoms with Crippen LogP contribution in [-0.4, -0.2) is 44.6 Å². The van der Waals surface area contributed by atoms with Gasteiger partial charge in [-0.25, -0.2) is 19.0 Å². The largest absolute Gasteiger partial charge is 0.490 e. The zero-order valence-electron chi connectivity index (χ0n) is 13.0. The highest BCUT2D eigenvalue weighted by Gasteiger charge is 2.09. The molecule has 0 aliphatic carbocycles. The molecule has 0 saturated heterocycles. The summed E-state index contributed by atoms with van der Waals surface area (Å²) in [6, 6.07) is 6.33. The van der Waals surface area contributed by atoms with Crippen molar-refractivity contribution in [1.82, 2.24) is 19.7 Å². The molecule has 2 N–H and O–H groups in total. The highest BCUT2D eigenvalue weighted by molar-refractivity contribution is 5.85. The molecule has 126 valence electrons. The molecule has 7 nitrogen and oxygen atoms in total. The summed E-state index contributed by atoms with van der Waals surface area (Å²) in [6.45, 7) is 1.39. The van der Waals surface area contributed by atoms with Gasteiger partial charge < -0.3 is 15.2 Å². The van der Waals surface area contributed by atoms with Gasteiger partial charge in [-0.15, -0.1) is 0 Å². The molecule has 3 aromatic rings. The molecule has 0 spiro atoms. The normalized spacial score (nSPS) is 10.9. The van der Waals surface area contributed by atoms with Crippen molar-refractivity contribution in [2.75, 3.05) is 25.1 Å². The molecular formula is C16H18FN5O2. The van der Waals surface area contributed by atoms with Crippen LogP contribution in [0.3, 0.4) is 0 Å². The van der Waals surface area contributed by atoms with Gasteiger partial charge in [0.1, 0.15) is 12.1 Å². The maximum absolute atomic E-state index is 13.4. The Morgan fingerprint density at radius 3 is 2.96 bits per heavy atom. The second kappa shape index (κ2) is 7.69. The molecule has 0 atom stereocenters. The molecule has 1 aromatic carbocycles. The van der Waals surface area contributed by atoms with Gasteiger partial charge in [0, 0.05) is 6.54 Å². The SMILES string of the molecule is OCCn1ncc2c(NCCCOc3ccccc3F)ncnc21. The van der Waals surface area contributed by atoms with Gasteiger partial charge in [0.25, 0.3) is 0 Å². The van der Waals surface area contributed by atoms with Crippen molar-refractivity contribution in [3.63, 3.8) is 0 Å². The Bertz CT molecular complexity index is 808. The van der Waals surface area contributed by atoms with Crippen LogP contribution in [-0.2, 0) is 6.54 Å². The number of anilines is 1. The lowest BCUT2D eigenvalue weighted by Gasteiger charge is -2.08. The fourth-order valence-electron chi connectivity index (χ4n) is 2.32. The molecule has 0 aliphatic rings. The quantitative estimate of drug-likeness (QED) is 0.613. The fraction of sp³-hybridized carbons (Fsp3) is 0.312. The highest BCUT2D eigenvalue weighted by atomic mass is 19.1. The average molecular weight is 331 g/mol. The summed E-state index contributed by atoms with van der Waals surface area (Å²) in [6.07, 6.45) is 3.81. The third-order valence-corrected chi connectivity index (χ3v) is 3.45. The molecule has 2 heterocycles. The van der Waals surface area contributed by atoms with Crippen molar-refractivity contribution >= 4 is 16.9 Å². The van der Waals surface area contributed by atoms with E-state index in [4.69, 9.17) is 9.84 Å². The third kappa shape index (κ3) is 3.60. The van der Waals surface area contributed by atoms with Crippen molar-refractivity contribution in [3.05, 3.63) is 42.6 Å². The highest BCUT2D eigenvalue weighted by Crippen LogP contribution is 2.18. The van der Waals surface area contributed by atoms with Crippen LogP contribution < -0.4 is 10.1 Å². The number of halogens is 1. The Kier molecular flexibility index (Phi) is 5.17. The van der Waals surface area contributed by atoms with Gasteiger partial charge in [0.15, 0.2) is 17.2 Å². The van der Waals surface area contributed by atoms with E-state index >= 15 is 0 Å². The maximum Gasteiger partial charge on any atom is 0.165 e. The van der Waals surface area contributed by atoms with E-state index in [2.05, 4.69) is 20.4 Å². The predicted molar refractivity (Wildman–Crippen MR) is 87.4 cm³/mol. The summed E-state index contributed by atoms with van der Waals surface area (Å²) < 4.78 is 20.5. The third-order valence-electron chi connectivity index (χ3n) is 3.45. The molecule has 0 unspecified atom stereocenters. The fourth-order valence-corrected chi connectivity index (χ4v) is 2.32. The lowest BCUT2D eigenvalue weighted by atomic mass is 10.3. The van der Waals surface area contributed by atoms with Crippen molar-refractivity contribution in [3.8, 4) is 5.75 Å². The summed E-state index contributed by atoms with van der Waals surface area (Å²) in [5, 5.41) is 17.2. The Morgan fingerprint density at radius 1 is 1.25 bits per heavy atom. The molecule has 0 aliphatic heterocycles. The molecule has 3 rings (SSSR count). The Morgan fingerprint density at radius 2 is 2.12 bits per heavy atom. The van der Waals surface area contributed by atoms with Crippen LogP contribution in [0.4, 0.5) is 10.2 Å². The molecule has 0 amide bonds. The van der Waals surface area contributed by atoms with Crippen molar-refractivity contribution in [2.45, 2.75) is 13.0 Å². The van der Waals surface area contributed by atoms with Gasteiger partial charge in [0.2, 0.25) is 0 Å². The average Bonchev–Trinajstić information content (AvgIpc) is 3.00. The minimum absolute atomic E-state index is 0.00305. The van der Waals surface area contributed by atoms with E-state index in [1.54, 1.807) is 29.1 Å². The van der Waals surface area contributed by atoms with Gasteiger partial charge in [-0.1, -0.05) is 12.1 Å². The number of nitrogens with zero attached hydrogens (tertiary/aromatic N) is 4. The minimum Gasteiger partial charge on any atom is -0.490 e. The van der Waals surface area contributed by atoms with Gasteiger partial charge in [-0.3, -0.25) is 0 Å². The van der Waals surface area contributed by atoms with E-state index in [0.29, 0.717) is 37.6 Å². The number of aliphatic hydroxyl groups is 1. The van der Waals surface area contributed by atoms with E-state index in [1.807, 2.05) is 0 Å². The van der Waals surface area contributed by atoms with Gasteiger partial charge >= 0.3 is 0 Å². The van der Waals surface area contributed by atoms with E-state index in [9.17, 15) is 4.39 Å². The van der Waals surface area contributed by atoms with Crippen LogP contribution in [0, 0.1) is 5.82 Å². The second-order valence-electron chi connectivity index (χ2n) is 5.11. The molecule has 0 fully saturated rings. The van der Waals surface area contributed by atoms with Gasteiger partial charge in [0.05, 0.1) is 31.3 Å². The first-order chi connectivity index (χ1) is 11.8. The Hall–Kier alpha value is -2.74. The number of aromatic nitrogens is 4. The summed E-state index contributed by atoms with van der Waals surface area (Å²) in [7, 11) is 0. The zero-order valence-corrected chi connectivity index (χ0v) is 13.0. The lowest BCUT2D eigenvalue weighted by Crippen LogP contribution is -2.09. The van der Waals surface area contributed by atoms with Crippen LogP contribution >= 0.6 is 0 Å². The molecule has 0 radical (unpaired) electrons. The molecule has 0 bridgehead atoms. The molecular weight excluding hydrogens is 313 g/mol. The summed E-state index contributed by atoms with van der Waals surface area (Å²) >= 11 is 0. The number of hydrogen-bond acceptors (Lipinski definition) is 6. The van der Waals surface area contributed by atoms with Crippen molar-refractivity contribution < 1.29 is 14.2 Å². The first-order valence-electron chi connectivity index (χ1n) is 7.68. The molecule has 0 saturated carbocycles. The van der Waals surface area contributed by atoms with E-state index in [1.165, 1.54) is 12.4 Å². The Labute approximate surface area is 138 Å². The smallest absolute Gasteiger partial charge is 0.165 e. The van der Waals surface area contributed by atoms with E-state index in [0.717, 1.165) is 5.39 Å². The van der Waals surface area contributed by atoms with Crippen molar-refractivity contribution in [1.29, 1.82) is 0 Å². The topological polar surface area (TPSA) is 85.1 Å². The van der Waals surface area contributed by atoms with Crippen LogP contribution in [0.15, 0.2) is 36.8 Å². The molecule has 8 heteroatoms. The first kappa shape index (κ1) is 16.1. The van der Waals surface area contributed by atoms with Gasteiger partial charge in [-0.2, -0.15) is 5.10 Å². The lowest BCUT2D eigenvalue weighted by molar-refractivity contribution is 0.271.